The van der Waals surface area contributed by atoms with Crippen LogP contribution in [-0.2, 0) is 4.74 Å². The topological polar surface area (TPSA) is 97.5 Å². The second-order valence-corrected chi connectivity index (χ2v) is 7.45. The first-order valence-electron chi connectivity index (χ1n) is 8.93. The molecule has 0 unspecified atom stereocenters. The molecule has 2 N–H and O–H groups in total. The van der Waals surface area contributed by atoms with Crippen LogP contribution in [-0.4, -0.2) is 63.5 Å². The highest BCUT2D eigenvalue weighted by molar-refractivity contribution is 7.17. The number of thiazole rings is 1. The summed E-state index contributed by atoms with van der Waals surface area (Å²) >= 11 is 1.41. The lowest BCUT2D eigenvalue weighted by atomic mass is 10.1. The molecule has 1 aliphatic heterocycles. The highest BCUT2D eigenvalue weighted by atomic mass is 32.1. The van der Waals surface area contributed by atoms with E-state index < -0.39 is 0 Å². The number of aromatic nitrogens is 3. The van der Waals surface area contributed by atoms with E-state index in [2.05, 4.69) is 10.1 Å². The van der Waals surface area contributed by atoms with Crippen LogP contribution in [0.1, 0.15) is 29.4 Å². The summed E-state index contributed by atoms with van der Waals surface area (Å²) < 4.78 is 12.3. The lowest BCUT2D eigenvalue weighted by Gasteiger charge is -2.34. The van der Waals surface area contributed by atoms with Crippen molar-refractivity contribution in [1.82, 2.24) is 19.5 Å². The molecular formula is C17H22N5O4S+. The number of furan rings is 1. The fourth-order valence-corrected chi connectivity index (χ4v) is 4.65. The predicted molar refractivity (Wildman–Crippen MR) is 97.1 cm³/mol. The Balaban J connectivity index is 1.62. The molecule has 0 saturated carbocycles. The first-order valence-corrected chi connectivity index (χ1v) is 9.74. The molecule has 3 aromatic heterocycles. The Morgan fingerprint density at radius 1 is 1.48 bits per heavy atom. The molecule has 4 rings (SSSR count). The van der Waals surface area contributed by atoms with Gasteiger partial charge in [0.2, 0.25) is 10.8 Å². The number of quaternary nitrogens is 1. The van der Waals surface area contributed by atoms with Crippen molar-refractivity contribution < 1.29 is 24.0 Å². The third kappa shape index (κ3) is 3.26. The van der Waals surface area contributed by atoms with E-state index in [1.54, 1.807) is 25.0 Å². The van der Waals surface area contributed by atoms with Gasteiger partial charge in [-0.2, -0.15) is 4.52 Å². The van der Waals surface area contributed by atoms with Gasteiger partial charge in [-0.3, -0.25) is 4.90 Å². The van der Waals surface area contributed by atoms with Crippen LogP contribution >= 0.6 is 11.3 Å². The summed E-state index contributed by atoms with van der Waals surface area (Å²) in [6.07, 6.45) is 1.36. The molecule has 10 heteroatoms. The third-order valence-electron chi connectivity index (χ3n) is 4.74. The average molecular weight is 392 g/mol. The highest BCUT2D eigenvalue weighted by Gasteiger charge is 2.37. The molecule has 1 amide bonds. The fourth-order valence-electron chi connectivity index (χ4n) is 3.49. The molecule has 27 heavy (non-hydrogen) atoms. The van der Waals surface area contributed by atoms with Crippen LogP contribution < -0.4 is 4.90 Å². The number of aromatic hydroxyl groups is 1. The number of hydrogen-bond donors (Lipinski definition) is 2. The summed E-state index contributed by atoms with van der Waals surface area (Å²) in [6.45, 7) is 6.58. The van der Waals surface area contributed by atoms with E-state index in [-0.39, 0.29) is 18.0 Å². The van der Waals surface area contributed by atoms with Gasteiger partial charge in [0.25, 0.3) is 0 Å². The average Bonchev–Trinajstić information content (AvgIpc) is 3.36. The zero-order chi connectivity index (χ0) is 19.0. The monoisotopic (exact) mass is 392 g/mol. The summed E-state index contributed by atoms with van der Waals surface area (Å²) in [4.78, 5) is 20.7. The maximum absolute atomic E-state index is 12.0. The number of ether oxygens (including phenoxy) is 1. The minimum atomic E-state index is -0.275. The first-order chi connectivity index (χ1) is 13.1. The molecule has 0 aliphatic carbocycles. The van der Waals surface area contributed by atoms with Crippen molar-refractivity contribution in [3.63, 3.8) is 0 Å². The lowest BCUT2D eigenvalue weighted by molar-refractivity contribution is -0.930. The lowest BCUT2D eigenvalue weighted by Crippen LogP contribution is -3.15. The number of rotatable bonds is 4. The number of fused-ring (bicyclic) bond motifs is 1. The molecule has 144 valence electrons. The van der Waals surface area contributed by atoms with Gasteiger partial charge < -0.3 is 19.2 Å². The molecule has 1 saturated heterocycles. The van der Waals surface area contributed by atoms with Crippen molar-refractivity contribution in [1.29, 1.82) is 0 Å². The molecule has 4 heterocycles. The van der Waals surface area contributed by atoms with Gasteiger partial charge in [0, 0.05) is 0 Å². The zero-order valence-corrected chi connectivity index (χ0v) is 16.0. The maximum atomic E-state index is 12.0. The summed E-state index contributed by atoms with van der Waals surface area (Å²) in [7, 11) is 0. The van der Waals surface area contributed by atoms with Crippen LogP contribution in [0.4, 0.5) is 4.79 Å². The van der Waals surface area contributed by atoms with Crippen molar-refractivity contribution in [2.24, 2.45) is 0 Å². The van der Waals surface area contributed by atoms with Crippen molar-refractivity contribution in [2.75, 3.05) is 32.8 Å². The Hall–Kier alpha value is -2.59. The van der Waals surface area contributed by atoms with Crippen LogP contribution in [0, 0.1) is 6.92 Å². The number of piperazine rings is 1. The maximum Gasteiger partial charge on any atom is 0.410 e. The Bertz CT molecular complexity index is 927. The standard InChI is InChI=1S/C17H21N5O4S/c1-3-25-17(24)21-8-6-20(7-9-21)13(12-5-4-10-26-12)14-15(23)22-16(27-14)18-11(2)19-22/h4-5,10,13,23H,3,6-9H2,1-2H3/p+1/t13-/m0/s1. The van der Waals surface area contributed by atoms with Gasteiger partial charge >= 0.3 is 6.09 Å². The first kappa shape index (κ1) is 17.8. The van der Waals surface area contributed by atoms with Crippen LogP contribution in [0.5, 0.6) is 5.88 Å². The predicted octanol–water partition coefficient (Wildman–Crippen LogP) is 0.844. The van der Waals surface area contributed by atoms with Crippen LogP contribution in [0.15, 0.2) is 22.8 Å². The van der Waals surface area contributed by atoms with Crippen molar-refractivity contribution in [3.05, 3.63) is 34.9 Å². The van der Waals surface area contributed by atoms with Gasteiger partial charge in [-0.1, -0.05) is 11.3 Å². The molecule has 0 bridgehead atoms. The minimum Gasteiger partial charge on any atom is -0.492 e. The molecular weight excluding hydrogens is 370 g/mol. The second-order valence-electron chi connectivity index (χ2n) is 6.44. The minimum absolute atomic E-state index is 0.0947. The van der Waals surface area contributed by atoms with Crippen molar-refractivity contribution >= 4 is 22.4 Å². The number of hydrogen-bond acceptors (Lipinski definition) is 7. The van der Waals surface area contributed by atoms with E-state index in [9.17, 15) is 9.90 Å². The van der Waals surface area contributed by atoms with Crippen LogP contribution in [0.25, 0.3) is 4.96 Å². The Labute approximate surface area is 159 Å². The SMILES string of the molecule is CCOC(=O)N1CC[NH+]([C@@H](c2ccco2)c2sc3nc(C)nn3c2O)CC1. The number of nitrogens with one attached hydrogen (secondary N) is 1. The quantitative estimate of drug-likeness (QED) is 0.683. The molecule has 1 aliphatic rings. The van der Waals surface area contributed by atoms with E-state index >= 15 is 0 Å². The smallest absolute Gasteiger partial charge is 0.410 e. The third-order valence-corrected chi connectivity index (χ3v) is 5.82. The number of aryl methyl sites for hydroxylation is 1. The molecule has 9 nitrogen and oxygen atoms in total. The molecule has 1 fully saturated rings. The van der Waals surface area contributed by atoms with Gasteiger partial charge in [-0.15, -0.1) is 5.10 Å². The van der Waals surface area contributed by atoms with E-state index in [1.807, 2.05) is 12.1 Å². The van der Waals surface area contributed by atoms with Gasteiger partial charge in [-0.25, -0.2) is 9.78 Å². The second kappa shape index (κ2) is 7.20. The van der Waals surface area contributed by atoms with E-state index in [0.29, 0.717) is 30.5 Å². The van der Waals surface area contributed by atoms with Crippen molar-refractivity contribution in [3.8, 4) is 5.88 Å². The van der Waals surface area contributed by atoms with Crippen LogP contribution in [0.3, 0.4) is 0 Å². The number of carbonyl (C=O) groups is 1. The number of nitrogens with zero attached hydrogens (tertiary/aromatic N) is 4. The summed E-state index contributed by atoms with van der Waals surface area (Å²) in [5.74, 6) is 1.48. The van der Waals surface area contributed by atoms with E-state index in [4.69, 9.17) is 9.15 Å². The van der Waals surface area contributed by atoms with E-state index in [0.717, 1.165) is 23.7 Å². The van der Waals surface area contributed by atoms with Gasteiger partial charge in [-0.05, 0) is 26.0 Å². The Kier molecular flexibility index (Phi) is 4.75. The largest absolute Gasteiger partial charge is 0.492 e. The fraction of sp³-hybridized carbons (Fsp3) is 0.471. The molecule has 1 atom stereocenters. The van der Waals surface area contributed by atoms with Crippen LogP contribution in [0.2, 0.25) is 0 Å². The van der Waals surface area contributed by atoms with Gasteiger partial charge in [0.15, 0.2) is 11.8 Å². The molecule has 0 spiro atoms. The molecule has 0 radical (unpaired) electrons. The van der Waals surface area contributed by atoms with Crippen molar-refractivity contribution in [2.45, 2.75) is 19.9 Å². The summed E-state index contributed by atoms with van der Waals surface area (Å²) in [6, 6.07) is 3.57. The number of carbonyl (C=O) groups excluding carboxylic acids is 1. The summed E-state index contributed by atoms with van der Waals surface area (Å²) in [5, 5.41) is 15.0. The molecule has 0 aromatic carbocycles. The number of amides is 1. The molecule has 3 aromatic rings. The summed E-state index contributed by atoms with van der Waals surface area (Å²) in [5.41, 5.74) is 0. The van der Waals surface area contributed by atoms with Gasteiger partial charge in [0.05, 0.1) is 39.0 Å². The Morgan fingerprint density at radius 2 is 2.26 bits per heavy atom. The highest BCUT2D eigenvalue weighted by Crippen LogP contribution is 2.35. The Morgan fingerprint density at radius 3 is 2.89 bits per heavy atom. The normalized spacial score (nSPS) is 16.7. The van der Waals surface area contributed by atoms with Gasteiger partial charge in [0.1, 0.15) is 10.7 Å². The zero-order valence-electron chi connectivity index (χ0n) is 15.2. The van der Waals surface area contributed by atoms with E-state index in [1.165, 1.54) is 20.8 Å².